The molecule has 0 heterocycles. The fourth-order valence-electron chi connectivity index (χ4n) is 9.38. The van der Waals surface area contributed by atoms with E-state index < -0.39 is 8.32 Å². The molecule has 0 spiro atoms. The van der Waals surface area contributed by atoms with Gasteiger partial charge >= 0.3 is 0 Å². The summed E-state index contributed by atoms with van der Waals surface area (Å²) in [5, 5.41) is 0. The second-order valence-corrected chi connectivity index (χ2v) is 19.0. The average molecular weight is 485 g/mol. The van der Waals surface area contributed by atoms with Gasteiger partial charge in [0, 0.05) is 6.61 Å². The summed E-state index contributed by atoms with van der Waals surface area (Å²) in [4.78, 5) is 0. The molecule has 0 saturated heterocycles. The van der Waals surface area contributed by atoms with Crippen molar-refractivity contribution in [2.45, 2.75) is 131 Å². The minimum Gasteiger partial charge on any atom is -0.417 e. The molecule has 0 N–H and O–H groups in total. The van der Waals surface area contributed by atoms with Crippen molar-refractivity contribution in [3.05, 3.63) is 22.8 Å². The van der Waals surface area contributed by atoms with Gasteiger partial charge in [0.1, 0.15) is 0 Å². The lowest BCUT2D eigenvalue weighted by Gasteiger charge is -2.58. The Kier molecular flexibility index (Phi) is 8.01. The number of fused-ring (bicyclic) bond motifs is 5. The van der Waals surface area contributed by atoms with Crippen molar-refractivity contribution in [2.75, 3.05) is 6.61 Å². The fraction of sp³-hybridized carbons (Fsp3) is 0.875. The average Bonchev–Trinajstić information content (AvgIpc) is 3.11. The fourth-order valence-corrected chi connectivity index (χ4v) is 10.1. The second kappa shape index (κ2) is 10.2. The minimum absolute atomic E-state index is 0.544. The molecule has 3 saturated carbocycles. The molecular formula is C32H56OSi. The molecule has 0 aromatic carbocycles. The van der Waals surface area contributed by atoms with E-state index in [2.05, 4.69) is 60.3 Å². The van der Waals surface area contributed by atoms with E-state index in [-0.39, 0.29) is 0 Å². The lowest BCUT2D eigenvalue weighted by Crippen LogP contribution is -2.50. The highest BCUT2D eigenvalue weighted by atomic mass is 28.4. The molecule has 34 heavy (non-hydrogen) atoms. The van der Waals surface area contributed by atoms with Crippen LogP contribution in [0.3, 0.4) is 0 Å². The maximum absolute atomic E-state index is 6.20. The molecule has 194 valence electrons. The van der Waals surface area contributed by atoms with E-state index in [9.17, 15) is 0 Å². The lowest BCUT2D eigenvalue weighted by molar-refractivity contribution is -0.0498. The SMILES string of the molecule is CC(C)=C(CCO[Si](C)(C)C)CC[C@@H](C)[C@H]1CC[C@H]2[C@@H]3CC=C4CCCC[C@]4(C)[C@H]3CC[C@]12C. The van der Waals surface area contributed by atoms with Crippen LogP contribution in [0.5, 0.6) is 0 Å². The maximum Gasteiger partial charge on any atom is 0.183 e. The van der Waals surface area contributed by atoms with Crippen molar-refractivity contribution < 1.29 is 4.43 Å². The van der Waals surface area contributed by atoms with Crippen LogP contribution in [0.15, 0.2) is 22.8 Å². The van der Waals surface area contributed by atoms with Crippen molar-refractivity contribution in [2.24, 2.45) is 40.4 Å². The Balaban J connectivity index is 1.39. The topological polar surface area (TPSA) is 9.23 Å². The molecule has 4 aliphatic carbocycles. The van der Waals surface area contributed by atoms with Gasteiger partial charge in [-0.1, -0.05) is 50.0 Å². The van der Waals surface area contributed by atoms with Crippen molar-refractivity contribution in [1.29, 1.82) is 0 Å². The highest BCUT2D eigenvalue weighted by molar-refractivity contribution is 6.69. The van der Waals surface area contributed by atoms with Crippen LogP contribution in [0, 0.1) is 40.4 Å². The molecule has 0 bridgehead atoms. The summed E-state index contributed by atoms with van der Waals surface area (Å²) < 4.78 is 6.20. The normalized spacial score (nSPS) is 38.4. The summed E-state index contributed by atoms with van der Waals surface area (Å²) in [6.07, 6.45) is 19.7. The van der Waals surface area contributed by atoms with Gasteiger partial charge < -0.3 is 4.43 Å². The number of hydrogen-bond donors (Lipinski definition) is 0. The predicted molar refractivity (Wildman–Crippen MR) is 150 cm³/mol. The molecule has 1 nitrogen and oxygen atoms in total. The Morgan fingerprint density at radius 2 is 1.79 bits per heavy atom. The highest BCUT2D eigenvalue weighted by Gasteiger charge is 2.58. The highest BCUT2D eigenvalue weighted by Crippen LogP contribution is 2.67. The summed E-state index contributed by atoms with van der Waals surface area (Å²) in [5.41, 5.74) is 6.20. The Morgan fingerprint density at radius 3 is 2.50 bits per heavy atom. The summed E-state index contributed by atoms with van der Waals surface area (Å²) in [6, 6.07) is 0. The van der Waals surface area contributed by atoms with Crippen LogP contribution >= 0.6 is 0 Å². The van der Waals surface area contributed by atoms with Crippen molar-refractivity contribution in [1.82, 2.24) is 0 Å². The predicted octanol–water partition coefficient (Wildman–Crippen LogP) is 9.95. The Hall–Kier alpha value is -0.343. The number of rotatable bonds is 8. The molecule has 4 rings (SSSR count). The van der Waals surface area contributed by atoms with E-state index in [0.29, 0.717) is 10.8 Å². The standard InChI is InChI=1S/C32H56OSi/c1-23(2)25(19-22-33-34(6,7)8)13-12-24(3)28-16-17-29-27-15-14-26-11-9-10-20-31(26,4)30(27)18-21-32(28,29)5/h14,24,27-30H,9-13,15-22H2,1-8H3/t24-,27+,28-,29+,30+,31+,32-/m1/s1. The smallest absolute Gasteiger partial charge is 0.183 e. The summed E-state index contributed by atoms with van der Waals surface area (Å²) >= 11 is 0. The van der Waals surface area contributed by atoms with Gasteiger partial charge in [0.15, 0.2) is 8.32 Å². The van der Waals surface area contributed by atoms with Gasteiger partial charge in [0.25, 0.3) is 0 Å². The zero-order valence-electron chi connectivity index (χ0n) is 24.1. The molecule has 0 amide bonds. The number of hydrogen-bond acceptors (Lipinski definition) is 1. The van der Waals surface area contributed by atoms with Crippen molar-refractivity contribution in [3.8, 4) is 0 Å². The summed E-state index contributed by atoms with van der Waals surface area (Å²) in [7, 11) is -1.41. The van der Waals surface area contributed by atoms with Gasteiger partial charge in [-0.3, -0.25) is 0 Å². The van der Waals surface area contributed by atoms with Gasteiger partial charge in [-0.15, -0.1) is 0 Å². The van der Waals surface area contributed by atoms with Crippen LogP contribution in [0.4, 0.5) is 0 Å². The van der Waals surface area contributed by atoms with Crippen LogP contribution in [0.2, 0.25) is 19.6 Å². The van der Waals surface area contributed by atoms with Crippen molar-refractivity contribution in [3.63, 3.8) is 0 Å². The monoisotopic (exact) mass is 484 g/mol. The van der Waals surface area contributed by atoms with Gasteiger partial charge in [-0.05, 0) is 145 Å². The first-order chi connectivity index (χ1) is 16.0. The number of allylic oxidation sites excluding steroid dienone is 3. The third-order valence-corrected chi connectivity index (χ3v) is 12.4. The van der Waals surface area contributed by atoms with Crippen molar-refractivity contribution >= 4 is 8.32 Å². The molecule has 3 fully saturated rings. The molecule has 4 aliphatic rings. The summed E-state index contributed by atoms with van der Waals surface area (Å²) in [6.45, 7) is 20.5. The largest absolute Gasteiger partial charge is 0.417 e. The van der Waals surface area contributed by atoms with E-state index in [1.807, 2.05) is 5.57 Å². The zero-order chi connectivity index (χ0) is 24.7. The van der Waals surface area contributed by atoms with Gasteiger partial charge in [-0.2, -0.15) is 0 Å². The minimum atomic E-state index is -1.41. The van der Waals surface area contributed by atoms with E-state index in [1.165, 1.54) is 76.2 Å². The van der Waals surface area contributed by atoms with E-state index in [4.69, 9.17) is 4.43 Å². The lowest BCUT2D eigenvalue weighted by atomic mass is 9.47. The first kappa shape index (κ1) is 26.7. The van der Waals surface area contributed by atoms with Gasteiger partial charge in [0.05, 0.1) is 0 Å². The molecule has 0 aromatic heterocycles. The molecule has 0 aromatic rings. The van der Waals surface area contributed by atoms with E-state index in [0.717, 1.165) is 42.6 Å². The molecule has 2 heteroatoms. The van der Waals surface area contributed by atoms with Crippen LogP contribution in [-0.2, 0) is 4.43 Å². The van der Waals surface area contributed by atoms with E-state index in [1.54, 1.807) is 5.57 Å². The zero-order valence-corrected chi connectivity index (χ0v) is 25.1. The summed E-state index contributed by atoms with van der Waals surface area (Å²) in [5.74, 6) is 4.69. The van der Waals surface area contributed by atoms with E-state index >= 15 is 0 Å². The molecule has 0 unspecified atom stereocenters. The van der Waals surface area contributed by atoms with Crippen LogP contribution in [-0.4, -0.2) is 14.9 Å². The van der Waals surface area contributed by atoms with Crippen LogP contribution < -0.4 is 0 Å². The first-order valence-corrected chi connectivity index (χ1v) is 18.4. The van der Waals surface area contributed by atoms with Crippen LogP contribution in [0.25, 0.3) is 0 Å². The van der Waals surface area contributed by atoms with Gasteiger partial charge in [-0.25, -0.2) is 0 Å². The maximum atomic E-state index is 6.20. The Morgan fingerprint density at radius 1 is 1.03 bits per heavy atom. The third-order valence-electron chi connectivity index (χ3n) is 11.3. The quantitative estimate of drug-likeness (QED) is 0.246. The van der Waals surface area contributed by atoms with Crippen LogP contribution in [0.1, 0.15) is 112 Å². The second-order valence-electron chi connectivity index (χ2n) is 14.5. The molecule has 7 atom stereocenters. The first-order valence-electron chi connectivity index (χ1n) is 14.9. The molecule has 0 radical (unpaired) electrons. The molecule has 0 aliphatic heterocycles. The Labute approximate surface area is 213 Å². The molecular weight excluding hydrogens is 428 g/mol. The van der Waals surface area contributed by atoms with Gasteiger partial charge in [0.2, 0.25) is 0 Å². The Bertz CT molecular complexity index is 783. The third kappa shape index (κ3) is 5.20.